The Balaban J connectivity index is 2.03. The molecule has 2 heterocycles. The fourth-order valence-electron chi connectivity index (χ4n) is 1.51. The number of aromatic nitrogens is 2. The second-order valence-electron chi connectivity index (χ2n) is 3.56. The van der Waals surface area contributed by atoms with Crippen molar-refractivity contribution in [3.63, 3.8) is 0 Å². The Morgan fingerprint density at radius 1 is 1.17 bits per heavy atom. The SMILES string of the molecule is Fc1ccc(-c2noc(-c3ccsc3)n2)c(F)c1. The molecule has 0 aliphatic heterocycles. The lowest BCUT2D eigenvalue weighted by atomic mass is 10.2. The van der Waals surface area contributed by atoms with Crippen LogP contribution < -0.4 is 0 Å². The summed E-state index contributed by atoms with van der Waals surface area (Å²) < 4.78 is 31.4. The summed E-state index contributed by atoms with van der Waals surface area (Å²) in [7, 11) is 0. The van der Waals surface area contributed by atoms with Crippen molar-refractivity contribution >= 4 is 11.3 Å². The molecular weight excluding hydrogens is 258 g/mol. The van der Waals surface area contributed by atoms with E-state index in [1.165, 1.54) is 17.4 Å². The van der Waals surface area contributed by atoms with E-state index in [-0.39, 0.29) is 11.4 Å². The van der Waals surface area contributed by atoms with Crippen LogP contribution in [-0.4, -0.2) is 10.1 Å². The first kappa shape index (κ1) is 11.0. The number of halogens is 2. The first-order chi connectivity index (χ1) is 8.74. The minimum atomic E-state index is -0.715. The molecule has 3 aromatic rings. The third kappa shape index (κ3) is 1.91. The van der Waals surface area contributed by atoms with Crippen molar-refractivity contribution in [2.75, 3.05) is 0 Å². The van der Waals surface area contributed by atoms with Gasteiger partial charge in [0.1, 0.15) is 11.6 Å². The molecule has 0 amide bonds. The smallest absolute Gasteiger partial charge is 0.259 e. The van der Waals surface area contributed by atoms with Crippen LogP contribution in [0, 0.1) is 11.6 Å². The molecule has 0 radical (unpaired) electrons. The Hall–Kier alpha value is -2.08. The monoisotopic (exact) mass is 264 g/mol. The van der Waals surface area contributed by atoms with Crippen LogP contribution in [0.1, 0.15) is 0 Å². The summed E-state index contributed by atoms with van der Waals surface area (Å²) >= 11 is 1.49. The Bertz CT molecular complexity index is 679. The van der Waals surface area contributed by atoms with Gasteiger partial charge in [-0.25, -0.2) is 8.78 Å². The number of benzene rings is 1. The van der Waals surface area contributed by atoms with Crippen molar-refractivity contribution in [2.45, 2.75) is 0 Å². The van der Waals surface area contributed by atoms with E-state index in [1.807, 2.05) is 16.8 Å². The average molecular weight is 264 g/mol. The van der Waals surface area contributed by atoms with Crippen LogP contribution in [0.5, 0.6) is 0 Å². The topological polar surface area (TPSA) is 38.9 Å². The maximum absolute atomic E-state index is 13.5. The zero-order chi connectivity index (χ0) is 12.5. The first-order valence-electron chi connectivity index (χ1n) is 5.06. The van der Waals surface area contributed by atoms with Gasteiger partial charge >= 0.3 is 0 Å². The summed E-state index contributed by atoms with van der Waals surface area (Å²) in [5, 5.41) is 7.41. The Labute approximate surface area is 105 Å². The van der Waals surface area contributed by atoms with Gasteiger partial charge in [0.15, 0.2) is 0 Å². The normalized spacial score (nSPS) is 10.8. The molecule has 6 heteroatoms. The zero-order valence-corrected chi connectivity index (χ0v) is 9.75. The van der Waals surface area contributed by atoms with Gasteiger partial charge in [-0.05, 0) is 23.6 Å². The summed E-state index contributed by atoms with van der Waals surface area (Å²) in [6.07, 6.45) is 0. The van der Waals surface area contributed by atoms with E-state index < -0.39 is 11.6 Å². The summed E-state index contributed by atoms with van der Waals surface area (Å²) in [5.74, 6) is -0.936. The number of thiophene rings is 1. The predicted octanol–water partition coefficient (Wildman–Crippen LogP) is 3.74. The highest BCUT2D eigenvalue weighted by atomic mass is 32.1. The molecule has 0 spiro atoms. The molecule has 0 atom stereocenters. The molecule has 0 aliphatic rings. The Kier molecular flexibility index (Phi) is 2.64. The maximum Gasteiger partial charge on any atom is 0.259 e. The van der Waals surface area contributed by atoms with Crippen LogP contribution in [0.4, 0.5) is 8.78 Å². The molecule has 0 saturated carbocycles. The van der Waals surface area contributed by atoms with E-state index in [4.69, 9.17) is 4.52 Å². The van der Waals surface area contributed by atoms with Gasteiger partial charge in [0.05, 0.1) is 11.1 Å². The lowest BCUT2D eigenvalue weighted by molar-refractivity contribution is 0.432. The lowest BCUT2D eigenvalue weighted by Crippen LogP contribution is -1.88. The highest BCUT2D eigenvalue weighted by molar-refractivity contribution is 7.08. The van der Waals surface area contributed by atoms with Crippen molar-refractivity contribution in [3.05, 3.63) is 46.7 Å². The molecule has 0 unspecified atom stereocenters. The number of hydrogen-bond acceptors (Lipinski definition) is 4. The van der Waals surface area contributed by atoms with E-state index in [9.17, 15) is 8.78 Å². The van der Waals surface area contributed by atoms with Crippen LogP contribution in [0.25, 0.3) is 22.8 Å². The van der Waals surface area contributed by atoms with Crippen LogP contribution in [0.15, 0.2) is 39.5 Å². The minimum Gasteiger partial charge on any atom is -0.334 e. The summed E-state index contributed by atoms with van der Waals surface area (Å²) in [6.45, 7) is 0. The summed E-state index contributed by atoms with van der Waals surface area (Å²) in [4.78, 5) is 4.08. The van der Waals surface area contributed by atoms with Gasteiger partial charge in [0, 0.05) is 11.4 Å². The fraction of sp³-hybridized carbons (Fsp3) is 0. The number of rotatable bonds is 2. The van der Waals surface area contributed by atoms with Crippen molar-refractivity contribution in [2.24, 2.45) is 0 Å². The van der Waals surface area contributed by atoms with Crippen molar-refractivity contribution in [3.8, 4) is 22.8 Å². The standard InChI is InChI=1S/C12H6F2N2OS/c13-8-1-2-9(10(14)5-8)11-15-12(17-16-11)7-3-4-18-6-7/h1-6H. The molecule has 90 valence electrons. The molecule has 1 aromatic carbocycles. The Morgan fingerprint density at radius 3 is 2.78 bits per heavy atom. The van der Waals surface area contributed by atoms with Crippen LogP contribution >= 0.6 is 11.3 Å². The maximum atomic E-state index is 13.5. The third-order valence-corrected chi connectivity index (χ3v) is 3.05. The van der Waals surface area contributed by atoms with Crippen LogP contribution in [0.3, 0.4) is 0 Å². The zero-order valence-electron chi connectivity index (χ0n) is 8.93. The van der Waals surface area contributed by atoms with Crippen molar-refractivity contribution in [1.82, 2.24) is 10.1 Å². The van der Waals surface area contributed by atoms with Crippen molar-refractivity contribution < 1.29 is 13.3 Å². The highest BCUT2D eigenvalue weighted by Gasteiger charge is 2.14. The predicted molar refractivity (Wildman–Crippen MR) is 63.0 cm³/mol. The number of hydrogen-bond donors (Lipinski definition) is 0. The third-order valence-electron chi connectivity index (χ3n) is 2.37. The highest BCUT2D eigenvalue weighted by Crippen LogP contribution is 2.25. The molecule has 0 bridgehead atoms. The van der Waals surface area contributed by atoms with E-state index in [0.29, 0.717) is 5.89 Å². The molecule has 3 rings (SSSR count). The first-order valence-corrected chi connectivity index (χ1v) is 6.00. The summed E-state index contributed by atoms with van der Waals surface area (Å²) in [6, 6.07) is 5.05. The van der Waals surface area contributed by atoms with E-state index >= 15 is 0 Å². The van der Waals surface area contributed by atoms with Gasteiger partial charge in [0.2, 0.25) is 5.82 Å². The fourth-order valence-corrected chi connectivity index (χ4v) is 2.14. The minimum absolute atomic E-state index is 0.105. The van der Waals surface area contributed by atoms with E-state index in [0.717, 1.165) is 17.7 Å². The van der Waals surface area contributed by atoms with E-state index in [2.05, 4.69) is 10.1 Å². The largest absolute Gasteiger partial charge is 0.334 e. The second-order valence-corrected chi connectivity index (χ2v) is 4.34. The van der Waals surface area contributed by atoms with Gasteiger partial charge in [-0.15, -0.1) is 0 Å². The van der Waals surface area contributed by atoms with Crippen LogP contribution in [-0.2, 0) is 0 Å². The summed E-state index contributed by atoms with van der Waals surface area (Å²) in [5.41, 5.74) is 0.892. The lowest BCUT2D eigenvalue weighted by Gasteiger charge is -1.96. The molecule has 3 nitrogen and oxygen atoms in total. The van der Waals surface area contributed by atoms with Gasteiger partial charge in [0.25, 0.3) is 5.89 Å². The molecule has 0 fully saturated rings. The van der Waals surface area contributed by atoms with Gasteiger partial charge < -0.3 is 4.52 Å². The average Bonchev–Trinajstić information content (AvgIpc) is 2.99. The molecular formula is C12H6F2N2OS. The van der Waals surface area contributed by atoms with Gasteiger partial charge in [-0.3, -0.25) is 0 Å². The van der Waals surface area contributed by atoms with Gasteiger partial charge in [-0.2, -0.15) is 16.3 Å². The van der Waals surface area contributed by atoms with Crippen LogP contribution in [0.2, 0.25) is 0 Å². The molecule has 0 aliphatic carbocycles. The Morgan fingerprint density at radius 2 is 2.06 bits per heavy atom. The molecule has 18 heavy (non-hydrogen) atoms. The van der Waals surface area contributed by atoms with Gasteiger partial charge in [-0.1, -0.05) is 5.16 Å². The second kappa shape index (κ2) is 4.30. The molecule has 2 aromatic heterocycles. The quantitative estimate of drug-likeness (QED) is 0.707. The molecule has 0 N–H and O–H groups in total. The van der Waals surface area contributed by atoms with E-state index in [1.54, 1.807) is 0 Å². The number of nitrogens with zero attached hydrogens (tertiary/aromatic N) is 2. The van der Waals surface area contributed by atoms with Crippen molar-refractivity contribution in [1.29, 1.82) is 0 Å². The molecule has 0 saturated heterocycles.